The summed E-state index contributed by atoms with van der Waals surface area (Å²) in [5.41, 5.74) is 0.792. The molecule has 0 radical (unpaired) electrons. The van der Waals surface area contributed by atoms with Gasteiger partial charge in [-0.15, -0.1) is 0 Å². The lowest BCUT2D eigenvalue weighted by Gasteiger charge is -2.27. The highest BCUT2D eigenvalue weighted by Gasteiger charge is 2.22. The van der Waals surface area contributed by atoms with Crippen molar-refractivity contribution in [3.8, 4) is 11.5 Å². The Hall–Kier alpha value is -3.20. The predicted octanol–water partition coefficient (Wildman–Crippen LogP) is 4.98. The number of rotatable bonds is 10. The maximum absolute atomic E-state index is 13.5. The standard InChI is InChI=1S/C28H31N3O4S/c1-2-34-24-9-5-10-25-27(24)29-28(36-25)31(14-6-13-30-15-17-33-18-16-30)26(32)20-35-23-12-11-21-7-3-4-8-22(21)19-23/h3-5,7-12,19H,2,6,13-18,20H2,1H3. The van der Waals surface area contributed by atoms with E-state index in [2.05, 4.69) is 11.0 Å². The van der Waals surface area contributed by atoms with E-state index < -0.39 is 0 Å². The molecule has 4 aromatic rings. The van der Waals surface area contributed by atoms with E-state index >= 15 is 0 Å². The minimum absolute atomic E-state index is 0.0515. The van der Waals surface area contributed by atoms with Crippen molar-refractivity contribution in [1.82, 2.24) is 9.88 Å². The van der Waals surface area contributed by atoms with E-state index in [1.165, 1.54) is 11.3 Å². The molecule has 0 saturated carbocycles. The number of anilines is 1. The van der Waals surface area contributed by atoms with Crippen LogP contribution < -0.4 is 14.4 Å². The lowest BCUT2D eigenvalue weighted by atomic mass is 10.1. The van der Waals surface area contributed by atoms with Crippen molar-refractivity contribution in [2.45, 2.75) is 13.3 Å². The van der Waals surface area contributed by atoms with Crippen LogP contribution in [0.25, 0.3) is 21.0 Å². The van der Waals surface area contributed by atoms with Crippen LogP contribution in [0.1, 0.15) is 13.3 Å². The zero-order valence-electron chi connectivity index (χ0n) is 20.5. The Morgan fingerprint density at radius 1 is 1.06 bits per heavy atom. The summed E-state index contributed by atoms with van der Waals surface area (Å²) in [6, 6.07) is 19.9. The van der Waals surface area contributed by atoms with Gasteiger partial charge in [0.15, 0.2) is 11.7 Å². The number of benzene rings is 3. The molecule has 1 saturated heterocycles. The van der Waals surface area contributed by atoms with E-state index in [0.29, 0.717) is 24.0 Å². The molecule has 5 rings (SSSR count). The van der Waals surface area contributed by atoms with Crippen LogP contribution in [0.5, 0.6) is 11.5 Å². The SMILES string of the molecule is CCOc1cccc2sc(N(CCCN3CCOCC3)C(=O)COc3ccc4ccccc4c3)nc12. The molecule has 36 heavy (non-hydrogen) atoms. The topological polar surface area (TPSA) is 64.1 Å². The molecule has 0 bridgehead atoms. The molecule has 0 atom stereocenters. The van der Waals surface area contributed by atoms with Gasteiger partial charge in [0, 0.05) is 26.2 Å². The Labute approximate surface area is 215 Å². The monoisotopic (exact) mass is 505 g/mol. The number of carbonyl (C=O) groups is 1. The molecule has 7 nitrogen and oxygen atoms in total. The summed E-state index contributed by atoms with van der Waals surface area (Å²) in [5, 5.41) is 2.89. The van der Waals surface area contributed by atoms with E-state index in [9.17, 15) is 4.79 Å². The Kier molecular flexibility index (Phi) is 7.95. The third-order valence-corrected chi connectivity index (χ3v) is 7.29. The van der Waals surface area contributed by atoms with Crippen molar-refractivity contribution in [2.75, 3.05) is 57.5 Å². The number of para-hydroxylation sites is 1. The Morgan fingerprint density at radius 3 is 2.72 bits per heavy atom. The molecule has 1 aromatic heterocycles. The molecule has 0 unspecified atom stereocenters. The third-order valence-electron chi connectivity index (χ3n) is 6.25. The summed E-state index contributed by atoms with van der Waals surface area (Å²) < 4.78 is 18.2. The van der Waals surface area contributed by atoms with Gasteiger partial charge in [-0.1, -0.05) is 47.7 Å². The second-order valence-corrected chi connectivity index (χ2v) is 9.69. The highest BCUT2D eigenvalue weighted by molar-refractivity contribution is 7.22. The molecule has 1 aliphatic heterocycles. The van der Waals surface area contributed by atoms with Crippen LogP contribution in [0.2, 0.25) is 0 Å². The first-order chi connectivity index (χ1) is 17.7. The molecule has 1 amide bonds. The number of aromatic nitrogens is 1. The second-order valence-electron chi connectivity index (χ2n) is 8.68. The van der Waals surface area contributed by atoms with Crippen LogP contribution in [0.4, 0.5) is 5.13 Å². The van der Waals surface area contributed by atoms with Gasteiger partial charge in [0.2, 0.25) is 0 Å². The number of amides is 1. The quantitative estimate of drug-likeness (QED) is 0.303. The molecule has 1 fully saturated rings. The fraction of sp³-hybridized carbons (Fsp3) is 0.357. The van der Waals surface area contributed by atoms with Gasteiger partial charge < -0.3 is 14.2 Å². The van der Waals surface area contributed by atoms with Gasteiger partial charge in [-0.25, -0.2) is 4.98 Å². The van der Waals surface area contributed by atoms with E-state index in [0.717, 1.165) is 66.0 Å². The number of nitrogens with zero attached hydrogens (tertiary/aromatic N) is 3. The van der Waals surface area contributed by atoms with Gasteiger partial charge in [-0.2, -0.15) is 0 Å². The fourth-order valence-corrected chi connectivity index (χ4v) is 5.41. The van der Waals surface area contributed by atoms with Gasteiger partial charge in [-0.3, -0.25) is 14.6 Å². The number of morpholine rings is 1. The zero-order chi connectivity index (χ0) is 24.7. The summed E-state index contributed by atoms with van der Waals surface area (Å²) in [6.45, 7) is 7.33. The third kappa shape index (κ3) is 5.78. The average Bonchev–Trinajstić information content (AvgIpc) is 3.35. The van der Waals surface area contributed by atoms with Crippen LogP contribution in [0.3, 0.4) is 0 Å². The molecule has 2 heterocycles. The summed E-state index contributed by atoms with van der Waals surface area (Å²) in [5.74, 6) is 1.31. The number of carbonyl (C=O) groups excluding carboxylic acids is 1. The van der Waals surface area contributed by atoms with E-state index in [-0.39, 0.29) is 12.5 Å². The summed E-state index contributed by atoms with van der Waals surface area (Å²) >= 11 is 1.51. The van der Waals surface area contributed by atoms with Crippen molar-refractivity contribution >= 4 is 43.4 Å². The first-order valence-corrected chi connectivity index (χ1v) is 13.3. The molecular formula is C28H31N3O4S. The Balaban J connectivity index is 1.33. The molecule has 1 aliphatic rings. The van der Waals surface area contributed by atoms with E-state index in [1.54, 1.807) is 4.90 Å². The summed E-state index contributed by atoms with van der Waals surface area (Å²) in [6.07, 6.45) is 0.843. The summed E-state index contributed by atoms with van der Waals surface area (Å²) in [7, 11) is 0. The molecule has 0 N–H and O–H groups in total. The van der Waals surface area contributed by atoms with Crippen LogP contribution >= 0.6 is 11.3 Å². The Morgan fingerprint density at radius 2 is 1.89 bits per heavy atom. The van der Waals surface area contributed by atoms with Crippen LogP contribution in [0, 0.1) is 0 Å². The van der Waals surface area contributed by atoms with Crippen LogP contribution in [-0.4, -0.2) is 68.4 Å². The van der Waals surface area contributed by atoms with Crippen molar-refractivity contribution in [2.24, 2.45) is 0 Å². The van der Waals surface area contributed by atoms with Crippen molar-refractivity contribution in [1.29, 1.82) is 0 Å². The first kappa shape index (κ1) is 24.5. The zero-order valence-corrected chi connectivity index (χ0v) is 21.3. The van der Waals surface area contributed by atoms with E-state index in [1.807, 2.05) is 61.5 Å². The minimum atomic E-state index is -0.109. The highest BCUT2D eigenvalue weighted by atomic mass is 32.1. The number of thiazole rings is 1. The van der Waals surface area contributed by atoms with Crippen molar-refractivity contribution < 1.29 is 19.0 Å². The van der Waals surface area contributed by atoms with Gasteiger partial charge in [-0.05, 0) is 48.4 Å². The highest BCUT2D eigenvalue weighted by Crippen LogP contribution is 2.34. The second kappa shape index (κ2) is 11.7. The average molecular weight is 506 g/mol. The Bertz CT molecular complexity index is 1320. The van der Waals surface area contributed by atoms with E-state index in [4.69, 9.17) is 19.2 Å². The van der Waals surface area contributed by atoms with Crippen LogP contribution in [0.15, 0.2) is 60.7 Å². The molecule has 0 spiro atoms. The smallest absolute Gasteiger partial charge is 0.266 e. The predicted molar refractivity (Wildman–Crippen MR) is 144 cm³/mol. The van der Waals surface area contributed by atoms with Crippen molar-refractivity contribution in [3.63, 3.8) is 0 Å². The first-order valence-electron chi connectivity index (χ1n) is 12.5. The normalized spacial score (nSPS) is 14.2. The maximum Gasteiger partial charge on any atom is 0.266 e. The minimum Gasteiger partial charge on any atom is -0.492 e. The van der Waals surface area contributed by atoms with Gasteiger partial charge in [0.1, 0.15) is 17.0 Å². The lowest BCUT2D eigenvalue weighted by molar-refractivity contribution is -0.120. The van der Waals surface area contributed by atoms with Gasteiger partial charge >= 0.3 is 0 Å². The number of ether oxygens (including phenoxy) is 3. The number of hydrogen-bond acceptors (Lipinski definition) is 7. The largest absolute Gasteiger partial charge is 0.492 e. The lowest BCUT2D eigenvalue weighted by Crippen LogP contribution is -2.40. The number of fused-ring (bicyclic) bond motifs is 2. The molecule has 188 valence electrons. The molecule has 3 aromatic carbocycles. The molecular weight excluding hydrogens is 474 g/mol. The van der Waals surface area contributed by atoms with Crippen molar-refractivity contribution in [3.05, 3.63) is 60.7 Å². The maximum atomic E-state index is 13.5. The summed E-state index contributed by atoms with van der Waals surface area (Å²) in [4.78, 5) is 22.4. The fourth-order valence-electron chi connectivity index (χ4n) is 4.38. The van der Waals surface area contributed by atoms with Crippen LogP contribution in [-0.2, 0) is 9.53 Å². The molecule has 8 heteroatoms. The van der Waals surface area contributed by atoms with Gasteiger partial charge in [0.05, 0.1) is 24.5 Å². The number of hydrogen-bond donors (Lipinski definition) is 0. The van der Waals surface area contributed by atoms with Gasteiger partial charge in [0.25, 0.3) is 5.91 Å². The molecule has 0 aliphatic carbocycles.